The van der Waals surface area contributed by atoms with Gasteiger partial charge in [-0.1, -0.05) is 0 Å². The average Bonchev–Trinajstić information content (AvgIpc) is 2.85. The maximum Gasteiger partial charge on any atom is 0.566 e. The van der Waals surface area contributed by atoms with Gasteiger partial charge in [-0.2, -0.15) is 4.39 Å². The van der Waals surface area contributed by atoms with Crippen molar-refractivity contribution in [2.75, 3.05) is 0 Å². The van der Waals surface area contributed by atoms with Gasteiger partial charge in [0.2, 0.25) is 5.82 Å². The van der Waals surface area contributed by atoms with E-state index in [0.717, 1.165) is 0 Å². The Balaban J connectivity index is 2.13. The fourth-order valence-corrected chi connectivity index (χ4v) is 3.47. The highest BCUT2D eigenvalue weighted by molar-refractivity contribution is 6.61. The second kappa shape index (κ2) is 8.67. The van der Waals surface area contributed by atoms with E-state index in [1.807, 2.05) is 0 Å². The second-order valence-electron chi connectivity index (χ2n) is 7.11. The van der Waals surface area contributed by atoms with Crippen LogP contribution >= 0.6 is 0 Å². The predicted octanol–water partition coefficient (Wildman–Crippen LogP) is 5.71. The van der Waals surface area contributed by atoms with Crippen LogP contribution in [-0.2, 0) is 0 Å². The number of halogens is 14. The van der Waals surface area contributed by atoms with Crippen LogP contribution in [0.4, 0.5) is 61.5 Å². The van der Waals surface area contributed by atoms with Gasteiger partial charge in [0.25, 0.3) is 0 Å². The molecule has 37 heavy (non-hydrogen) atoms. The van der Waals surface area contributed by atoms with E-state index in [2.05, 4.69) is 4.65 Å². The maximum absolute atomic E-state index is 15.1. The highest BCUT2D eigenvalue weighted by Crippen LogP contribution is 2.43. The van der Waals surface area contributed by atoms with E-state index >= 15 is 4.39 Å². The molecule has 0 fully saturated rings. The maximum atomic E-state index is 15.1. The summed E-state index contributed by atoms with van der Waals surface area (Å²) < 4.78 is 201. The molecule has 0 aromatic heterocycles. The van der Waals surface area contributed by atoms with Crippen molar-refractivity contribution in [2.24, 2.45) is 0 Å². The van der Waals surface area contributed by atoms with Crippen molar-refractivity contribution in [3.63, 3.8) is 0 Å². The number of hydrogen-bond acceptors (Lipinski definition) is 2. The molecule has 1 N–H and O–H groups in total. The summed E-state index contributed by atoms with van der Waals surface area (Å²) in [6.07, 6.45) is 0. The van der Waals surface area contributed by atoms with Crippen molar-refractivity contribution in [3.8, 4) is 5.75 Å². The van der Waals surface area contributed by atoms with Gasteiger partial charge in [0.15, 0.2) is 69.7 Å². The summed E-state index contributed by atoms with van der Waals surface area (Å²) in [4.78, 5) is 0. The van der Waals surface area contributed by atoms with Crippen molar-refractivity contribution in [3.05, 3.63) is 81.4 Å². The van der Waals surface area contributed by atoms with Gasteiger partial charge in [-0.3, -0.25) is 0 Å². The molecule has 0 radical (unpaired) electrons. The first-order chi connectivity index (χ1) is 17.1. The zero-order valence-electron chi connectivity index (χ0n) is 16.7. The lowest BCUT2D eigenvalue weighted by molar-refractivity contribution is 0.368. The number of hydrogen-bond donors (Lipinski definition) is 1. The SMILES string of the molecule is OB(Oc1c(F)c(F)c(F)c2c(F)c3c(F)c(F)c(F)c(F)c3c(F)c12)c1c(F)c(F)c(F)c(F)c1F. The molecule has 0 saturated heterocycles. The summed E-state index contributed by atoms with van der Waals surface area (Å²) in [5.74, 6) is -40.1. The van der Waals surface area contributed by atoms with Crippen molar-refractivity contribution < 1.29 is 71.1 Å². The van der Waals surface area contributed by atoms with Gasteiger partial charge in [0, 0.05) is 0 Å². The second-order valence-corrected chi connectivity index (χ2v) is 7.11. The first kappa shape index (κ1) is 26.3. The third-order valence-electron chi connectivity index (χ3n) is 5.15. The van der Waals surface area contributed by atoms with Crippen LogP contribution in [0, 0.1) is 81.4 Å². The molecule has 0 aliphatic heterocycles. The Hall–Kier alpha value is -3.76. The van der Waals surface area contributed by atoms with Crippen molar-refractivity contribution in [1.82, 2.24) is 0 Å². The van der Waals surface area contributed by atoms with E-state index in [0.29, 0.717) is 0 Å². The highest BCUT2D eigenvalue weighted by atomic mass is 19.2. The van der Waals surface area contributed by atoms with E-state index < -0.39 is 121 Å². The van der Waals surface area contributed by atoms with Gasteiger partial charge in [0.05, 0.1) is 27.0 Å². The summed E-state index contributed by atoms with van der Waals surface area (Å²) >= 11 is 0. The molecular formula is C20HBF14O2. The third kappa shape index (κ3) is 3.47. The van der Waals surface area contributed by atoms with Crippen LogP contribution in [0.25, 0.3) is 21.5 Å². The predicted molar refractivity (Wildman–Crippen MR) is 95.5 cm³/mol. The Bertz CT molecular complexity index is 1640. The molecule has 17 heteroatoms. The smallest absolute Gasteiger partial charge is 0.530 e. The van der Waals surface area contributed by atoms with Crippen LogP contribution in [0.1, 0.15) is 0 Å². The lowest BCUT2D eigenvalue weighted by Crippen LogP contribution is -2.43. The molecule has 0 atom stereocenters. The minimum Gasteiger partial charge on any atom is -0.530 e. The first-order valence-electron chi connectivity index (χ1n) is 9.13. The van der Waals surface area contributed by atoms with Crippen molar-refractivity contribution >= 4 is 34.1 Å². The topological polar surface area (TPSA) is 29.5 Å². The van der Waals surface area contributed by atoms with E-state index in [1.165, 1.54) is 0 Å². The van der Waals surface area contributed by atoms with Crippen molar-refractivity contribution in [2.45, 2.75) is 0 Å². The number of benzene rings is 4. The minimum absolute atomic E-state index is 2.10. The Morgan fingerprint density at radius 2 is 0.649 bits per heavy atom. The monoisotopic (exact) mass is 550 g/mol. The lowest BCUT2D eigenvalue weighted by Gasteiger charge is -2.18. The van der Waals surface area contributed by atoms with Crippen LogP contribution in [0.5, 0.6) is 5.75 Å². The highest BCUT2D eigenvalue weighted by Gasteiger charge is 2.39. The molecule has 4 rings (SSSR count). The molecule has 4 aromatic carbocycles. The minimum atomic E-state index is -3.56. The van der Waals surface area contributed by atoms with E-state index in [-0.39, 0.29) is 0 Å². The van der Waals surface area contributed by atoms with Crippen LogP contribution in [0.3, 0.4) is 0 Å². The molecule has 0 amide bonds. The fourth-order valence-electron chi connectivity index (χ4n) is 3.47. The van der Waals surface area contributed by atoms with E-state index in [1.54, 1.807) is 0 Å². The van der Waals surface area contributed by atoms with E-state index in [4.69, 9.17) is 0 Å². The van der Waals surface area contributed by atoms with Gasteiger partial charge in [-0.15, -0.1) is 0 Å². The van der Waals surface area contributed by atoms with Crippen molar-refractivity contribution in [1.29, 1.82) is 0 Å². The zero-order chi connectivity index (χ0) is 27.8. The molecule has 0 spiro atoms. The number of fused-ring (bicyclic) bond motifs is 2. The molecule has 0 saturated carbocycles. The molecular weight excluding hydrogens is 549 g/mol. The van der Waals surface area contributed by atoms with Gasteiger partial charge in [-0.25, -0.2) is 57.1 Å². The molecule has 194 valence electrons. The van der Waals surface area contributed by atoms with Crippen LogP contribution in [-0.4, -0.2) is 12.1 Å². The van der Waals surface area contributed by atoms with Crippen LogP contribution in [0.15, 0.2) is 0 Å². The van der Waals surface area contributed by atoms with Gasteiger partial charge >= 0.3 is 7.12 Å². The lowest BCUT2D eigenvalue weighted by atomic mass is 9.78. The molecule has 4 aromatic rings. The molecule has 0 aliphatic carbocycles. The molecule has 0 bridgehead atoms. The normalized spacial score (nSPS) is 11.6. The zero-order valence-corrected chi connectivity index (χ0v) is 16.7. The summed E-state index contributed by atoms with van der Waals surface area (Å²) in [5, 5.41) is 1.33. The summed E-state index contributed by atoms with van der Waals surface area (Å²) in [6, 6.07) is 0. The Kier molecular flexibility index (Phi) is 6.17. The first-order valence-corrected chi connectivity index (χ1v) is 9.13. The Labute approximate surface area is 193 Å². The summed E-state index contributed by atoms with van der Waals surface area (Å²) in [6.45, 7) is 0. The average molecular weight is 550 g/mol. The van der Waals surface area contributed by atoms with Crippen LogP contribution < -0.4 is 10.1 Å². The Morgan fingerprint density at radius 1 is 0.351 bits per heavy atom. The van der Waals surface area contributed by atoms with Gasteiger partial charge < -0.3 is 9.68 Å². The summed E-state index contributed by atoms with van der Waals surface area (Å²) in [5.41, 5.74) is -2.28. The third-order valence-corrected chi connectivity index (χ3v) is 5.15. The molecule has 0 heterocycles. The fraction of sp³-hybridized carbons (Fsp3) is 0. The Morgan fingerprint density at radius 3 is 1.08 bits per heavy atom. The molecule has 0 unspecified atom stereocenters. The van der Waals surface area contributed by atoms with E-state index in [9.17, 15) is 62.1 Å². The molecule has 0 aliphatic rings. The number of rotatable bonds is 3. The molecule has 2 nitrogen and oxygen atoms in total. The van der Waals surface area contributed by atoms with Crippen LogP contribution in [0.2, 0.25) is 0 Å². The standard InChI is InChI=1S/C20HBF14O2/c22-6-1-2(9(25)14(30)13(29)8(1)24)7(23)4-3(6)10(26)15(31)19(35)20(4)37-21(36)5-11(27)16(32)18(34)17(33)12(5)28/h36H. The quantitative estimate of drug-likeness (QED) is 0.117. The van der Waals surface area contributed by atoms with Gasteiger partial charge in [0.1, 0.15) is 11.6 Å². The van der Waals surface area contributed by atoms with Gasteiger partial charge in [-0.05, 0) is 0 Å². The largest absolute Gasteiger partial charge is 0.566 e. The summed E-state index contributed by atoms with van der Waals surface area (Å²) in [7, 11) is -3.56.